The molecule has 6 heteroatoms. The van der Waals surface area contributed by atoms with Gasteiger partial charge in [-0.15, -0.1) is 0 Å². The van der Waals surface area contributed by atoms with Gasteiger partial charge in [-0.05, 0) is 89.9 Å². The molecular formula is C72H128O6. The Morgan fingerprint density at radius 2 is 0.500 bits per heavy atom. The van der Waals surface area contributed by atoms with Crippen molar-refractivity contribution in [2.45, 2.75) is 354 Å². The molecule has 0 aliphatic rings. The average molecular weight is 1090 g/mol. The molecule has 0 aromatic heterocycles. The summed E-state index contributed by atoms with van der Waals surface area (Å²) in [6.45, 7) is 6.57. The number of hydrogen-bond donors (Lipinski definition) is 0. The van der Waals surface area contributed by atoms with Crippen LogP contribution < -0.4 is 0 Å². The molecule has 0 heterocycles. The summed E-state index contributed by atoms with van der Waals surface area (Å²) >= 11 is 0. The Morgan fingerprint density at radius 1 is 0.269 bits per heavy atom. The van der Waals surface area contributed by atoms with Crippen LogP contribution in [0.15, 0.2) is 72.9 Å². The van der Waals surface area contributed by atoms with E-state index in [1.54, 1.807) is 0 Å². The van der Waals surface area contributed by atoms with E-state index in [4.69, 9.17) is 14.2 Å². The largest absolute Gasteiger partial charge is 0.462 e. The van der Waals surface area contributed by atoms with E-state index in [-0.39, 0.29) is 31.1 Å². The van der Waals surface area contributed by atoms with Gasteiger partial charge in [-0.1, -0.05) is 312 Å². The number of carbonyl (C=O) groups is 3. The Hall–Kier alpha value is -3.15. The molecule has 0 fully saturated rings. The fraction of sp³-hybridized carbons (Fsp3) is 0.792. The lowest BCUT2D eigenvalue weighted by molar-refractivity contribution is -0.167. The van der Waals surface area contributed by atoms with Crippen LogP contribution in [0.2, 0.25) is 0 Å². The maximum Gasteiger partial charge on any atom is 0.306 e. The number of carbonyl (C=O) groups excluding carboxylic acids is 3. The second kappa shape index (κ2) is 66.4. The van der Waals surface area contributed by atoms with E-state index in [0.717, 1.165) is 96.3 Å². The number of hydrogen-bond acceptors (Lipinski definition) is 6. The molecule has 6 nitrogen and oxygen atoms in total. The van der Waals surface area contributed by atoms with Gasteiger partial charge in [0.15, 0.2) is 6.10 Å². The highest BCUT2D eigenvalue weighted by Gasteiger charge is 2.19. The second-order valence-corrected chi connectivity index (χ2v) is 22.7. The summed E-state index contributed by atoms with van der Waals surface area (Å²) in [5.74, 6) is -0.865. The molecule has 452 valence electrons. The lowest BCUT2D eigenvalue weighted by Crippen LogP contribution is -2.30. The van der Waals surface area contributed by atoms with Crippen molar-refractivity contribution < 1.29 is 28.6 Å². The quantitative estimate of drug-likeness (QED) is 0.0261. The Balaban J connectivity index is 4.34. The van der Waals surface area contributed by atoms with Gasteiger partial charge in [0.05, 0.1) is 0 Å². The van der Waals surface area contributed by atoms with Crippen LogP contribution in [-0.2, 0) is 28.6 Å². The van der Waals surface area contributed by atoms with Crippen molar-refractivity contribution in [3.8, 4) is 0 Å². The Kier molecular flexibility index (Phi) is 63.7. The first-order valence-corrected chi connectivity index (χ1v) is 33.9. The first-order chi connectivity index (χ1) is 38.5. The molecular weight excluding hydrogens is 961 g/mol. The summed E-state index contributed by atoms with van der Waals surface area (Å²) in [6, 6.07) is 0. The van der Waals surface area contributed by atoms with Crippen LogP contribution in [0, 0.1) is 0 Å². The Labute approximate surface area is 484 Å². The molecule has 0 N–H and O–H groups in total. The maximum absolute atomic E-state index is 12.9. The number of unbranched alkanes of at least 4 members (excludes halogenated alkanes) is 39. The average Bonchev–Trinajstić information content (AvgIpc) is 3.44. The summed E-state index contributed by atoms with van der Waals surface area (Å²) in [5.41, 5.74) is 0. The SMILES string of the molecule is CC/C=C\C/C=C\C/C=C\C/C=C\C/C=C\CCCCCCCCCCCC(=O)OCC(COC(=O)CCCCCCCCCCCCCCCCCCC)OC(=O)CCCCCCCCC/C=C\CCCCCCCCC. The van der Waals surface area contributed by atoms with E-state index in [1.165, 1.54) is 212 Å². The Bertz CT molecular complexity index is 1440. The maximum atomic E-state index is 12.9. The standard InChI is InChI=1S/C72H128O6/c1-4-7-10-13-16-19-22-25-28-31-33-34-35-36-37-38-39-42-44-47-50-53-56-59-62-65-71(74)77-68-69(67-76-70(73)64-61-58-55-52-49-46-43-40-30-27-24-21-18-15-12-9-6-3)78-72(75)66-63-60-57-54-51-48-45-41-32-29-26-23-20-17-14-11-8-5-2/h7,10,16,19,25,28-29,32-34,36-37,69H,4-6,8-9,11-15,17-18,20-24,26-27,30-31,35,38-68H2,1-3H3/b10-7-,19-16-,28-25-,32-29-,34-33-,37-36-. The zero-order valence-corrected chi connectivity index (χ0v) is 51.9. The third-order valence-electron chi connectivity index (χ3n) is 14.9. The van der Waals surface area contributed by atoms with Crippen LogP contribution in [0.25, 0.3) is 0 Å². The molecule has 0 aliphatic carbocycles. The summed E-state index contributed by atoms with van der Waals surface area (Å²) in [4.78, 5) is 38.4. The van der Waals surface area contributed by atoms with Crippen LogP contribution in [0.5, 0.6) is 0 Å². The summed E-state index contributed by atoms with van der Waals surface area (Å²) < 4.78 is 17.0. The highest BCUT2D eigenvalue weighted by Crippen LogP contribution is 2.17. The molecule has 0 bridgehead atoms. The van der Waals surface area contributed by atoms with Crippen molar-refractivity contribution in [2.24, 2.45) is 0 Å². The molecule has 0 aromatic rings. The van der Waals surface area contributed by atoms with Gasteiger partial charge < -0.3 is 14.2 Å². The summed E-state index contributed by atoms with van der Waals surface area (Å²) in [7, 11) is 0. The zero-order chi connectivity index (χ0) is 56.4. The van der Waals surface area contributed by atoms with Crippen LogP contribution in [-0.4, -0.2) is 37.2 Å². The molecule has 1 unspecified atom stereocenters. The lowest BCUT2D eigenvalue weighted by Gasteiger charge is -2.18. The molecule has 0 rings (SSSR count). The molecule has 0 spiro atoms. The van der Waals surface area contributed by atoms with Gasteiger partial charge in [-0.25, -0.2) is 0 Å². The molecule has 0 aliphatic heterocycles. The fourth-order valence-electron chi connectivity index (χ4n) is 9.88. The highest BCUT2D eigenvalue weighted by atomic mass is 16.6. The van der Waals surface area contributed by atoms with Crippen LogP contribution in [0.3, 0.4) is 0 Å². The van der Waals surface area contributed by atoms with Crippen molar-refractivity contribution in [2.75, 3.05) is 13.2 Å². The van der Waals surface area contributed by atoms with E-state index in [2.05, 4.69) is 93.7 Å². The molecule has 0 amide bonds. The molecule has 1 atom stereocenters. The van der Waals surface area contributed by atoms with Gasteiger partial charge >= 0.3 is 17.9 Å². The lowest BCUT2D eigenvalue weighted by atomic mass is 10.0. The topological polar surface area (TPSA) is 78.9 Å². The van der Waals surface area contributed by atoms with Gasteiger partial charge in [0.1, 0.15) is 13.2 Å². The molecule has 0 saturated heterocycles. The predicted octanol–water partition coefficient (Wildman–Crippen LogP) is 23.3. The molecule has 0 radical (unpaired) electrons. The van der Waals surface area contributed by atoms with Gasteiger partial charge in [-0.3, -0.25) is 14.4 Å². The smallest absolute Gasteiger partial charge is 0.306 e. The van der Waals surface area contributed by atoms with Gasteiger partial charge in [0.2, 0.25) is 0 Å². The van der Waals surface area contributed by atoms with Gasteiger partial charge in [0.25, 0.3) is 0 Å². The van der Waals surface area contributed by atoms with Crippen LogP contribution >= 0.6 is 0 Å². The predicted molar refractivity (Wildman–Crippen MR) is 339 cm³/mol. The van der Waals surface area contributed by atoms with Gasteiger partial charge in [0, 0.05) is 19.3 Å². The number of ether oxygens (including phenoxy) is 3. The van der Waals surface area contributed by atoms with Gasteiger partial charge in [-0.2, -0.15) is 0 Å². The molecule has 78 heavy (non-hydrogen) atoms. The molecule has 0 aromatic carbocycles. The van der Waals surface area contributed by atoms with Crippen molar-refractivity contribution in [3.63, 3.8) is 0 Å². The minimum Gasteiger partial charge on any atom is -0.462 e. The number of allylic oxidation sites excluding steroid dienone is 12. The van der Waals surface area contributed by atoms with Crippen LogP contribution in [0.1, 0.15) is 348 Å². The van der Waals surface area contributed by atoms with E-state index >= 15 is 0 Å². The van der Waals surface area contributed by atoms with Crippen molar-refractivity contribution >= 4 is 17.9 Å². The minimum atomic E-state index is -0.780. The van der Waals surface area contributed by atoms with Crippen molar-refractivity contribution in [1.82, 2.24) is 0 Å². The Morgan fingerprint density at radius 3 is 0.795 bits per heavy atom. The highest BCUT2D eigenvalue weighted by molar-refractivity contribution is 5.71. The molecule has 0 saturated carbocycles. The second-order valence-electron chi connectivity index (χ2n) is 22.7. The summed E-state index contributed by atoms with van der Waals surface area (Å²) in [5, 5.41) is 0. The first-order valence-electron chi connectivity index (χ1n) is 33.9. The normalized spacial score (nSPS) is 12.5. The first kappa shape index (κ1) is 74.8. The number of rotatable bonds is 62. The number of esters is 3. The summed E-state index contributed by atoms with van der Waals surface area (Å²) in [6.07, 6.45) is 86.2. The van der Waals surface area contributed by atoms with Crippen molar-refractivity contribution in [1.29, 1.82) is 0 Å². The van der Waals surface area contributed by atoms with E-state index in [9.17, 15) is 14.4 Å². The minimum absolute atomic E-state index is 0.0749. The van der Waals surface area contributed by atoms with E-state index < -0.39 is 6.10 Å². The van der Waals surface area contributed by atoms with Crippen molar-refractivity contribution in [3.05, 3.63) is 72.9 Å². The zero-order valence-electron chi connectivity index (χ0n) is 51.9. The van der Waals surface area contributed by atoms with Crippen LogP contribution in [0.4, 0.5) is 0 Å². The third kappa shape index (κ3) is 63.7. The fourth-order valence-corrected chi connectivity index (χ4v) is 9.88. The monoisotopic (exact) mass is 1090 g/mol. The third-order valence-corrected chi connectivity index (χ3v) is 14.9. The van der Waals surface area contributed by atoms with E-state index in [1.807, 2.05) is 0 Å². The van der Waals surface area contributed by atoms with E-state index in [0.29, 0.717) is 19.3 Å².